The number of nitrogens with zero attached hydrogens (tertiary/aromatic N) is 1. The summed E-state index contributed by atoms with van der Waals surface area (Å²) < 4.78 is 0.966. The van der Waals surface area contributed by atoms with Crippen LogP contribution in [0.5, 0.6) is 0 Å². The quantitative estimate of drug-likeness (QED) is 0.856. The average molecular weight is 316 g/mol. The predicted molar refractivity (Wildman–Crippen MR) is 73.2 cm³/mol. The lowest BCUT2D eigenvalue weighted by molar-refractivity contribution is 0.265. The summed E-state index contributed by atoms with van der Waals surface area (Å²) in [7, 11) is 0. The maximum Gasteiger partial charge on any atom is 0.133 e. The Kier molecular flexibility index (Phi) is 3.99. The molecular formula is C12H12BrClN2O. The summed E-state index contributed by atoms with van der Waals surface area (Å²) in [6, 6.07) is 7.50. The summed E-state index contributed by atoms with van der Waals surface area (Å²) in [6.45, 7) is -0.0608. The van der Waals surface area contributed by atoms with E-state index in [4.69, 9.17) is 22.4 Å². The number of nitrogens with two attached hydrogens (primary N) is 1. The lowest BCUT2D eigenvalue weighted by atomic mass is 10.1. The van der Waals surface area contributed by atoms with Gasteiger partial charge in [-0.25, -0.2) is 4.98 Å². The fourth-order valence-electron chi connectivity index (χ4n) is 1.65. The number of aromatic nitrogens is 1. The van der Waals surface area contributed by atoms with Crippen molar-refractivity contribution in [2.75, 3.05) is 6.61 Å². The molecule has 1 aromatic carbocycles. The molecule has 3 nitrogen and oxygen atoms in total. The maximum atomic E-state index is 8.94. The number of fused-ring (bicyclic) bond motifs is 1. The van der Waals surface area contributed by atoms with Gasteiger partial charge in [-0.05, 0) is 30.2 Å². The second-order valence-electron chi connectivity index (χ2n) is 3.92. The van der Waals surface area contributed by atoms with Crippen LogP contribution in [0.2, 0.25) is 5.15 Å². The first-order valence-corrected chi connectivity index (χ1v) is 6.38. The molecule has 0 unspecified atom stereocenters. The van der Waals surface area contributed by atoms with Crippen LogP contribution in [0, 0.1) is 0 Å². The Labute approximate surface area is 113 Å². The van der Waals surface area contributed by atoms with Crippen molar-refractivity contribution >= 4 is 38.4 Å². The van der Waals surface area contributed by atoms with Crippen molar-refractivity contribution in [2.45, 2.75) is 12.5 Å². The molecule has 0 saturated carbocycles. The highest BCUT2D eigenvalue weighted by molar-refractivity contribution is 9.10. The number of rotatable bonds is 3. The Morgan fingerprint density at radius 2 is 2.18 bits per heavy atom. The zero-order valence-corrected chi connectivity index (χ0v) is 11.4. The molecule has 0 saturated heterocycles. The molecule has 90 valence electrons. The van der Waals surface area contributed by atoms with Gasteiger partial charge < -0.3 is 10.8 Å². The number of benzene rings is 1. The first kappa shape index (κ1) is 12.8. The number of hydrogen-bond donors (Lipinski definition) is 2. The highest BCUT2D eigenvalue weighted by atomic mass is 79.9. The van der Waals surface area contributed by atoms with Crippen LogP contribution in [0.3, 0.4) is 0 Å². The van der Waals surface area contributed by atoms with Gasteiger partial charge in [0.1, 0.15) is 5.15 Å². The molecule has 2 aromatic rings. The van der Waals surface area contributed by atoms with Gasteiger partial charge in [-0.15, -0.1) is 0 Å². The van der Waals surface area contributed by atoms with E-state index in [1.165, 1.54) is 0 Å². The SMILES string of the molecule is N[C@H](CO)Cc1cc2ccc(Br)cc2nc1Cl. The first-order chi connectivity index (χ1) is 8.10. The predicted octanol–water partition coefficient (Wildman–Crippen LogP) is 2.51. The topological polar surface area (TPSA) is 59.1 Å². The second kappa shape index (κ2) is 5.31. The van der Waals surface area contributed by atoms with E-state index in [1.54, 1.807) is 0 Å². The second-order valence-corrected chi connectivity index (χ2v) is 5.20. The molecule has 0 fully saturated rings. The van der Waals surface area contributed by atoms with Gasteiger partial charge in [0.15, 0.2) is 0 Å². The Hall–Kier alpha value is -0.680. The van der Waals surface area contributed by atoms with E-state index >= 15 is 0 Å². The molecule has 0 aliphatic heterocycles. The fourth-order valence-corrected chi connectivity index (χ4v) is 2.22. The zero-order chi connectivity index (χ0) is 12.4. The largest absolute Gasteiger partial charge is 0.395 e. The van der Waals surface area contributed by atoms with E-state index in [2.05, 4.69) is 20.9 Å². The third-order valence-electron chi connectivity index (χ3n) is 2.52. The van der Waals surface area contributed by atoms with Gasteiger partial charge in [0.05, 0.1) is 12.1 Å². The number of aliphatic hydroxyl groups excluding tert-OH is 1. The fraction of sp³-hybridized carbons (Fsp3) is 0.250. The van der Waals surface area contributed by atoms with Crippen LogP contribution < -0.4 is 5.73 Å². The lowest BCUT2D eigenvalue weighted by Gasteiger charge is -2.10. The molecule has 3 N–H and O–H groups in total. The maximum absolute atomic E-state index is 8.94. The van der Waals surface area contributed by atoms with Crippen molar-refractivity contribution in [2.24, 2.45) is 5.73 Å². The third kappa shape index (κ3) is 2.96. The van der Waals surface area contributed by atoms with E-state index in [1.807, 2.05) is 24.3 Å². The van der Waals surface area contributed by atoms with Crippen LogP contribution >= 0.6 is 27.5 Å². The van der Waals surface area contributed by atoms with Crippen molar-refractivity contribution in [3.63, 3.8) is 0 Å². The monoisotopic (exact) mass is 314 g/mol. The summed E-state index contributed by atoms with van der Waals surface area (Å²) in [5.41, 5.74) is 7.40. The van der Waals surface area contributed by atoms with Gasteiger partial charge >= 0.3 is 0 Å². The molecule has 17 heavy (non-hydrogen) atoms. The Balaban J connectivity index is 2.44. The molecule has 0 aliphatic rings. The first-order valence-electron chi connectivity index (χ1n) is 5.21. The minimum absolute atomic E-state index is 0.0608. The van der Waals surface area contributed by atoms with E-state index in [0.29, 0.717) is 11.6 Å². The van der Waals surface area contributed by atoms with Crippen LogP contribution in [0.4, 0.5) is 0 Å². The van der Waals surface area contributed by atoms with Crippen molar-refractivity contribution in [3.05, 3.63) is 39.5 Å². The summed E-state index contributed by atoms with van der Waals surface area (Å²) >= 11 is 9.48. The highest BCUT2D eigenvalue weighted by Crippen LogP contribution is 2.24. The van der Waals surface area contributed by atoms with E-state index in [-0.39, 0.29) is 12.6 Å². The molecular weight excluding hydrogens is 304 g/mol. The number of hydrogen-bond acceptors (Lipinski definition) is 3. The molecule has 0 amide bonds. The molecule has 0 spiro atoms. The standard InChI is InChI=1S/C12H12BrClN2O/c13-9-2-1-7-3-8(4-10(15)6-17)12(14)16-11(7)5-9/h1-3,5,10,17H,4,6,15H2/t10-/m0/s1. The van der Waals surface area contributed by atoms with E-state index in [9.17, 15) is 0 Å². The molecule has 0 bridgehead atoms. The summed E-state index contributed by atoms with van der Waals surface area (Å²) in [5.74, 6) is 0. The smallest absolute Gasteiger partial charge is 0.133 e. The van der Waals surface area contributed by atoms with Gasteiger partial charge in [0.2, 0.25) is 0 Å². The number of halogens is 2. The normalized spacial score (nSPS) is 12.9. The third-order valence-corrected chi connectivity index (χ3v) is 3.34. The highest BCUT2D eigenvalue weighted by Gasteiger charge is 2.09. The van der Waals surface area contributed by atoms with Gasteiger partial charge in [-0.3, -0.25) is 0 Å². The summed E-state index contributed by atoms with van der Waals surface area (Å²) in [4.78, 5) is 4.32. The minimum Gasteiger partial charge on any atom is -0.395 e. The van der Waals surface area contributed by atoms with E-state index in [0.717, 1.165) is 20.9 Å². The molecule has 1 atom stereocenters. The Bertz CT molecular complexity index is 547. The number of pyridine rings is 1. The van der Waals surface area contributed by atoms with E-state index < -0.39 is 0 Å². The molecule has 0 aliphatic carbocycles. The molecule has 5 heteroatoms. The Morgan fingerprint density at radius 3 is 2.88 bits per heavy atom. The van der Waals surface area contributed by atoms with Gasteiger partial charge in [-0.2, -0.15) is 0 Å². The van der Waals surface area contributed by atoms with Crippen molar-refractivity contribution in [1.82, 2.24) is 4.98 Å². The van der Waals surface area contributed by atoms with Crippen molar-refractivity contribution in [1.29, 1.82) is 0 Å². The lowest BCUT2D eigenvalue weighted by Crippen LogP contribution is -2.27. The van der Waals surface area contributed by atoms with Gasteiger partial charge in [-0.1, -0.05) is 33.6 Å². The van der Waals surface area contributed by atoms with Gasteiger partial charge in [0.25, 0.3) is 0 Å². The van der Waals surface area contributed by atoms with Crippen LogP contribution in [0.15, 0.2) is 28.7 Å². The Morgan fingerprint density at radius 1 is 1.41 bits per heavy atom. The molecule has 1 aromatic heterocycles. The minimum atomic E-state index is -0.304. The van der Waals surface area contributed by atoms with Crippen LogP contribution in [0.25, 0.3) is 10.9 Å². The molecule has 2 rings (SSSR count). The zero-order valence-electron chi connectivity index (χ0n) is 9.03. The van der Waals surface area contributed by atoms with Crippen molar-refractivity contribution < 1.29 is 5.11 Å². The average Bonchev–Trinajstić information content (AvgIpc) is 2.30. The van der Waals surface area contributed by atoms with Gasteiger partial charge in [0, 0.05) is 15.9 Å². The van der Waals surface area contributed by atoms with Crippen LogP contribution in [-0.4, -0.2) is 22.7 Å². The molecule has 1 heterocycles. The summed E-state index contributed by atoms with van der Waals surface area (Å²) in [6.07, 6.45) is 0.522. The number of aliphatic hydroxyl groups is 1. The summed E-state index contributed by atoms with van der Waals surface area (Å²) in [5, 5.41) is 10.4. The van der Waals surface area contributed by atoms with Crippen molar-refractivity contribution in [3.8, 4) is 0 Å². The molecule has 0 radical (unpaired) electrons. The van der Waals surface area contributed by atoms with Crippen LogP contribution in [-0.2, 0) is 6.42 Å². The van der Waals surface area contributed by atoms with Crippen LogP contribution in [0.1, 0.15) is 5.56 Å².